The fourth-order valence-electron chi connectivity index (χ4n) is 1.67. The number of carbonyl (C=O) groups excluding carboxylic acids is 1. The zero-order valence-corrected chi connectivity index (χ0v) is 12.3. The van der Waals surface area contributed by atoms with E-state index >= 15 is 0 Å². The quantitative estimate of drug-likeness (QED) is 0.837. The van der Waals surface area contributed by atoms with E-state index in [9.17, 15) is 4.79 Å². The molecule has 2 aromatic rings. The van der Waals surface area contributed by atoms with Crippen LogP contribution in [-0.2, 0) is 4.79 Å². The Morgan fingerprint density at radius 2 is 1.90 bits per heavy atom. The highest BCUT2D eigenvalue weighted by Crippen LogP contribution is 2.28. The maximum atomic E-state index is 11.2. The van der Waals surface area contributed by atoms with Crippen LogP contribution in [0.4, 0.5) is 5.69 Å². The van der Waals surface area contributed by atoms with Gasteiger partial charge in [-0.1, -0.05) is 11.6 Å². The molecule has 0 aliphatic heterocycles. The van der Waals surface area contributed by atoms with Gasteiger partial charge in [0.2, 0.25) is 5.91 Å². The zero-order valence-electron chi connectivity index (χ0n) is 10.8. The summed E-state index contributed by atoms with van der Waals surface area (Å²) in [6.45, 7) is 1.90. The van der Waals surface area contributed by atoms with E-state index in [1.54, 1.807) is 36.4 Å². The van der Waals surface area contributed by atoms with Crippen LogP contribution in [0.15, 0.2) is 42.5 Å². The maximum absolute atomic E-state index is 11.2. The molecule has 0 aliphatic rings. The summed E-state index contributed by atoms with van der Waals surface area (Å²) in [6.07, 6.45) is 0. The molecule has 0 saturated carbocycles. The Bertz CT molecular complexity index is 612. The summed E-state index contributed by atoms with van der Waals surface area (Å²) in [7, 11) is 0. The van der Waals surface area contributed by atoms with Crippen LogP contribution < -0.4 is 10.1 Å². The first-order valence-corrected chi connectivity index (χ1v) is 6.89. The molecule has 0 unspecified atom stereocenters. The van der Waals surface area contributed by atoms with Crippen LogP contribution in [0.1, 0.15) is 5.56 Å². The molecule has 0 atom stereocenters. The number of benzene rings is 2. The van der Waals surface area contributed by atoms with Crippen molar-refractivity contribution >= 4 is 34.8 Å². The fourth-order valence-corrected chi connectivity index (χ4v) is 1.86. The molecule has 104 valence electrons. The van der Waals surface area contributed by atoms with E-state index in [2.05, 4.69) is 5.32 Å². The van der Waals surface area contributed by atoms with Crippen molar-refractivity contribution in [2.24, 2.45) is 0 Å². The Kier molecular flexibility index (Phi) is 4.88. The minimum absolute atomic E-state index is 0.0674. The third-order valence-electron chi connectivity index (χ3n) is 2.62. The zero-order chi connectivity index (χ0) is 14.5. The number of hydrogen-bond donors (Lipinski definition) is 1. The maximum Gasteiger partial charge on any atom is 0.239 e. The number of nitrogens with one attached hydrogen (secondary N) is 1. The molecule has 0 saturated heterocycles. The minimum atomic E-state index is -0.238. The molecule has 3 nitrogen and oxygen atoms in total. The van der Waals surface area contributed by atoms with E-state index in [0.29, 0.717) is 16.5 Å². The molecule has 0 bridgehead atoms. The van der Waals surface area contributed by atoms with Gasteiger partial charge in [0.25, 0.3) is 0 Å². The number of alkyl halides is 1. The van der Waals surface area contributed by atoms with Gasteiger partial charge in [0.1, 0.15) is 17.4 Å². The number of hydrogen-bond acceptors (Lipinski definition) is 2. The highest BCUT2D eigenvalue weighted by Gasteiger charge is 2.05. The van der Waals surface area contributed by atoms with Gasteiger partial charge in [-0.25, -0.2) is 0 Å². The smallest absolute Gasteiger partial charge is 0.239 e. The van der Waals surface area contributed by atoms with Crippen LogP contribution in [0, 0.1) is 6.92 Å². The van der Waals surface area contributed by atoms with Crippen LogP contribution in [0.5, 0.6) is 11.5 Å². The highest BCUT2D eigenvalue weighted by atomic mass is 35.5. The molecular weight excluding hydrogens is 297 g/mol. The average molecular weight is 310 g/mol. The van der Waals surface area contributed by atoms with Gasteiger partial charge < -0.3 is 10.1 Å². The average Bonchev–Trinajstić information content (AvgIpc) is 2.44. The summed E-state index contributed by atoms with van der Waals surface area (Å²) in [5.41, 5.74) is 1.60. The van der Waals surface area contributed by atoms with Gasteiger partial charge in [0.05, 0.1) is 0 Å². The SMILES string of the molecule is Cc1cc(NC(=O)CCl)ccc1Oc1ccc(Cl)cc1. The van der Waals surface area contributed by atoms with Gasteiger partial charge in [-0.2, -0.15) is 0 Å². The molecule has 5 heteroatoms. The second-order valence-corrected chi connectivity index (χ2v) is 4.92. The molecule has 20 heavy (non-hydrogen) atoms. The van der Waals surface area contributed by atoms with Gasteiger partial charge in [0.15, 0.2) is 0 Å². The predicted molar refractivity (Wildman–Crippen MR) is 82.1 cm³/mol. The lowest BCUT2D eigenvalue weighted by Crippen LogP contribution is -2.12. The summed E-state index contributed by atoms with van der Waals surface area (Å²) in [5, 5.41) is 3.35. The first kappa shape index (κ1) is 14.7. The van der Waals surface area contributed by atoms with Crippen molar-refractivity contribution in [2.45, 2.75) is 6.92 Å². The van der Waals surface area contributed by atoms with Crippen LogP contribution >= 0.6 is 23.2 Å². The van der Waals surface area contributed by atoms with E-state index in [1.165, 1.54) is 0 Å². The molecule has 0 fully saturated rings. The van der Waals surface area contributed by atoms with Gasteiger partial charge in [-0.15, -0.1) is 11.6 Å². The first-order valence-electron chi connectivity index (χ1n) is 5.98. The van der Waals surface area contributed by atoms with E-state index in [4.69, 9.17) is 27.9 Å². The second kappa shape index (κ2) is 6.64. The molecule has 0 aromatic heterocycles. The van der Waals surface area contributed by atoms with Crippen molar-refractivity contribution in [1.29, 1.82) is 0 Å². The Hall–Kier alpha value is -1.71. The van der Waals surface area contributed by atoms with Crippen LogP contribution in [0.2, 0.25) is 5.02 Å². The van der Waals surface area contributed by atoms with Gasteiger partial charge in [-0.05, 0) is 55.0 Å². The van der Waals surface area contributed by atoms with Gasteiger partial charge in [-0.3, -0.25) is 4.79 Å². The highest BCUT2D eigenvalue weighted by molar-refractivity contribution is 6.30. The number of carbonyl (C=O) groups is 1. The lowest BCUT2D eigenvalue weighted by atomic mass is 10.2. The van der Waals surface area contributed by atoms with Crippen LogP contribution in [0.3, 0.4) is 0 Å². The largest absolute Gasteiger partial charge is 0.457 e. The Balaban J connectivity index is 2.13. The monoisotopic (exact) mass is 309 g/mol. The summed E-state index contributed by atoms with van der Waals surface area (Å²) in [4.78, 5) is 11.2. The molecule has 2 rings (SSSR count). The van der Waals surface area contributed by atoms with Crippen molar-refractivity contribution in [1.82, 2.24) is 0 Å². The third kappa shape index (κ3) is 3.89. The summed E-state index contributed by atoms with van der Waals surface area (Å²) < 4.78 is 5.75. The van der Waals surface area contributed by atoms with E-state index in [0.717, 1.165) is 11.3 Å². The number of ether oxygens (including phenoxy) is 1. The second-order valence-electron chi connectivity index (χ2n) is 4.22. The number of amides is 1. The van der Waals surface area contributed by atoms with Crippen LogP contribution in [0.25, 0.3) is 0 Å². The van der Waals surface area contributed by atoms with Crippen LogP contribution in [-0.4, -0.2) is 11.8 Å². The lowest BCUT2D eigenvalue weighted by molar-refractivity contribution is -0.113. The van der Waals surface area contributed by atoms with E-state index < -0.39 is 0 Å². The number of rotatable bonds is 4. The molecule has 1 amide bonds. The predicted octanol–water partition coefficient (Wildman–Crippen LogP) is 4.62. The molecule has 2 aromatic carbocycles. The normalized spacial score (nSPS) is 10.2. The molecular formula is C15H13Cl2NO2. The number of anilines is 1. The van der Waals surface area contributed by atoms with Gasteiger partial charge in [0, 0.05) is 10.7 Å². The lowest BCUT2D eigenvalue weighted by Gasteiger charge is -2.11. The standard InChI is InChI=1S/C15H13Cl2NO2/c1-10-8-12(18-15(19)9-16)4-7-14(10)20-13-5-2-11(17)3-6-13/h2-8H,9H2,1H3,(H,18,19). The van der Waals surface area contributed by atoms with E-state index in [1.807, 2.05) is 13.0 Å². The van der Waals surface area contributed by atoms with Crippen molar-refractivity contribution in [3.63, 3.8) is 0 Å². The molecule has 0 heterocycles. The Morgan fingerprint density at radius 3 is 2.50 bits per heavy atom. The molecule has 0 aliphatic carbocycles. The molecule has 0 spiro atoms. The fraction of sp³-hybridized carbons (Fsp3) is 0.133. The third-order valence-corrected chi connectivity index (χ3v) is 3.12. The topological polar surface area (TPSA) is 38.3 Å². The minimum Gasteiger partial charge on any atom is -0.457 e. The van der Waals surface area contributed by atoms with E-state index in [-0.39, 0.29) is 11.8 Å². The Morgan fingerprint density at radius 1 is 1.20 bits per heavy atom. The number of aryl methyl sites for hydroxylation is 1. The molecule has 1 N–H and O–H groups in total. The first-order chi connectivity index (χ1) is 9.58. The summed E-state index contributed by atoms with van der Waals surface area (Å²) >= 11 is 11.3. The van der Waals surface area contributed by atoms with Crippen molar-refractivity contribution < 1.29 is 9.53 Å². The number of halogens is 2. The molecule has 0 radical (unpaired) electrons. The van der Waals surface area contributed by atoms with Crippen molar-refractivity contribution in [3.8, 4) is 11.5 Å². The summed E-state index contributed by atoms with van der Waals surface area (Å²) in [5.74, 6) is 1.12. The van der Waals surface area contributed by atoms with Crippen molar-refractivity contribution in [3.05, 3.63) is 53.1 Å². The Labute approximate surface area is 127 Å². The van der Waals surface area contributed by atoms with Crippen molar-refractivity contribution in [2.75, 3.05) is 11.2 Å². The van der Waals surface area contributed by atoms with Gasteiger partial charge >= 0.3 is 0 Å². The summed E-state index contributed by atoms with van der Waals surface area (Å²) in [6, 6.07) is 12.5.